The average Bonchev–Trinajstić information content (AvgIpc) is 3.38. The third-order valence-corrected chi connectivity index (χ3v) is 6.33. The standard InChI is InChI=1S/C26H21F6N5/c1-14-18(27)12-20(23(29)22(14)28)35-25-16-7-6-15(24-17(26(30,31)32)5-4-8-33-24)11-19(16)34-21(36-25)13-37-9-2-3-10-37/h4-8,11-12H,2-3,9-10,13H2,1H3,(H,34,35,36). The Kier molecular flexibility index (Phi) is 6.49. The summed E-state index contributed by atoms with van der Waals surface area (Å²) in [7, 11) is 0. The number of alkyl halides is 3. The van der Waals surface area contributed by atoms with Crippen LogP contribution in [0.2, 0.25) is 0 Å². The van der Waals surface area contributed by atoms with Crippen LogP contribution in [0.25, 0.3) is 22.2 Å². The van der Waals surface area contributed by atoms with Crippen molar-refractivity contribution in [2.75, 3.05) is 18.4 Å². The fourth-order valence-electron chi connectivity index (χ4n) is 4.40. The molecular formula is C26H21F6N5. The molecule has 0 aliphatic carbocycles. The van der Waals surface area contributed by atoms with Crippen molar-refractivity contribution in [2.24, 2.45) is 0 Å². The molecule has 0 spiro atoms. The molecule has 1 aliphatic heterocycles. The van der Waals surface area contributed by atoms with Crippen LogP contribution >= 0.6 is 0 Å². The van der Waals surface area contributed by atoms with E-state index in [1.54, 1.807) is 0 Å². The van der Waals surface area contributed by atoms with E-state index in [1.807, 2.05) is 0 Å². The Morgan fingerprint density at radius 2 is 1.73 bits per heavy atom. The highest BCUT2D eigenvalue weighted by Crippen LogP contribution is 2.37. The van der Waals surface area contributed by atoms with Crippen LogP contribution < -0.4 is 5.32 Å². The zero-order valence-electron chi connectivity index (χ0n) is 19.6. The molecular weight excluding hydrogens is 496 g/mol. The van der Waals surface area contributed by atoms with Crippen LogP contribution in [0.4, 0.5) is 37.8 Å². The predicted octanol–water partition coefficient (Wildman–Crippen LogP) is 6.78. The average molecular weight is 517 g/mol. The second-order valence-electron chi connectivity index (χ2n) is 8.88. The Balaban J connectivity index is 1.64. The first-order valence-electron chi connectivity index (χ1n) is 11.6. The lowest BCUT2D eigenvalue weighted by Crippen LogP contribution is -2.20. The number of rotatable bonds is 5. The molecule has 5 nitrogen and oxygen atoms in total. The number of aromatic nitrogens is 3. The maximum Gasteiger partial charge on any atom is 0.418 e. The number of nitrogens with one attached hydrogen (secondary N) is 1. The van der Waals surface area contributed by atoms with Crippen molar-refractivity contribution < 1.29 is 26.3 Å². The molecule has 0 amide bonds. The largest absolute Gasteiger partial charge is 0.418 e. The summed E-state index contributed by atoms with van der Waals surface area (Å²) in [4.78, 5) is 15.1. The van der Waals surface area contributed by atoms with Gasteiger partial charge in [0.25, 0.3) is 0 Å². The van der Waals surface area contributed by atoms with Gasteiger partial charge in [-0.15, -0.1) is 0 Å². The van der Waals surface area contributed by atoms with E-state index in [-0.39, 0.29) is 22.6 Å². The van der Waals surface area contributed by atoms with Crippen LogP contribution in [-0.2, 0) is 12.7 Å². The van der Waals surface area contributed by atoms with Crippen molar-refractivity contribution in [1.82, 2.24) is 19.9 Å². The minimum atomic E-state index is -4.62. The van der Waals surface area contributed by atoms with E-state index in [0.29, 0.717) is 17.8 Å². The first-order chi connectivity index (χ1) is 17.6. The van der Waals surface area contributed by atoms with Gasteiger partial charge in [0, 0.05) is 28.8 Å². The molecule has 2 aromatic heterocycles. The van der Waals surface area contributed by atoms with Gasteiger partial charge < -0.3 is 5.32 Å². The zero-order chi connectivity index (χ0) is 26.3. The summed E-state index contributed by atoms with van der Waals surface area (Å²) < 4.78 is 83.8. The van der Waals surface area contributed by atoms with Crippen molar-refractivity contribution in [2.45, 2.75) is 32.5 Å². The molecule has 1 saturated heterocycles. The number of fused-ring (bicyclic) bond motifs is 1. The maximum absolute atomic E-state index is 14.6. The summed E-state index contributed by atoms with van der Waals surface area (Å²) in [5.41, 5.74) is -1.62. The van der Waals surface area contributed by atoms with Crippen molar-refractivity contribution in [3.8, 4) is 11.3 Å². The number of likely N-dealkylation sites (tertiary alicyclic amines) is 1. The zero-order valence-corrected chi connectivity index (χ0v) is 19.6. The van der Waals surface area contributed by atoms with Crippen LogP contribution in [0, 0.1) is 24.4 Å². The molecule has 37 heavy (non-hydrogen) atoms. The third kappa shape index (κ3) is 4.95. The first-order valence-corrected chi connectivity index (χ1v) is 11.6. The Labute approximate surface area is 208 Å². The highest BCUT2D eigenvalue weighted by atomic mass is 19.4. The molecule has 0 saturated carbocycles. The predicted molar refractivity (Wildman–Crippen MR) is 127 cm³/mol. The summed E-state index contributed by atoms with van der Waals surface area (Å²) in [5, 5.41) is 3.00. The van der Waals surface area contributed by atoms with Gasteiger partial charge in [-0.1, -0.05) is 6.07 Å². The van der Waals surface area contributed by atoms with E-state index in [0.717, 1.165) is 45.0 Å². The third-order valence-electron chi connectivity index (χ3n) is 6.33. The molecule has 1 fully saturated rings. The number of nitrogens with zero attached hydrogens (tertiary/aromatic N) is 4. The minimum absolute atomic E-state index is 0.0735. The molecule has 192 valence electrons. The Morgan fingerprint density at radius 3 is 2.46 bits per heavy atom. The Hall–Kier alpha value is -3.73. The lowest BCUT2D eigenvalue weighted by atomic mass is 10.0. The van der Waals surface area contributed by atoms with Crippen LogP contribution in [0.5, 0.6) is 0 Å². The SMILES string of the molecule is Cc1c(F)cc(Nc2nc(CN3CCCC3)nc3cc(-c4ncccc4C(F)(F)F)ccc23)c(F)c1F. The Bertz CT molecular complexity index is 1480. The van der Waals surface area contributed by atoms with Gasteiger partial charge >= 0.3 is 6.18 Å². The van der Waals surface area contributed by atoms with Crippen molar-refractivity contribution in [1.29, 1.82) is 0 Å². The van der Waals surface area contributed by atoms with Gasteiger partial charge in [0.15, 0.2) is 11.6 Å². The van der Waals surface area contributed by atoms with E-state index in [1.165, 1.54) is 30.5 Å². The normalized spacial score (nSPS) is 14.5. The maximum atomic E-state index is 14.6. The second-order valence-corrected chi connectivity index (χ2v) is 8.88. The smallest absolute Gasteiger partial charge is 0.337 e. The fraction of sp³-hybridized carbons (Fsp3) is 0.269. The van der Waals surface area contributed by atoms with Gasteiger partial charge in [0.1, 0.15) is 17.5 Å². The van der Waals surface area contributed by atoms with E-state index in [2.05, 4.69) is 25.2 Å². The fourth-order valence-corrected chi connectivity index (χ4v) is 4.40. The molecule has 0 radical (unpaired) electrons. The minimum Gasteiger partial charge on any atom is -0.337 e. The summed E-state index contributed by atoms with van der Waals surface area (Å²) in [6.07, 6.45) is -1.33. The van der Waals surface area contributed by atoms with Crippen LogP contribution in [0.3, 0.4) is 0 Å². The van der Waals surface area contributed by atoms with Gasteiger partial charge in [-0.05, 0) is 57.1 Å². The van der Waals surface area contributed by atoms with Gasteiger partial charge in [-0.2, -0.15) is 13.2 Å². The molecule has 4 aromatic rings. The monoisotopic (exact) mass is 517 g/mol. The Morgan fingerprint density at radius 1 is 0.973 bits per heavy atom. The molecule has 0 atom stereocenters. The van der Waals surface area contributed by atoms with Crippen LogP contribution in [0.15, 0.2) is 42.6 Å². The van der Waals surface area contributed by atoms with E-state index >= 15 is 0 Å². The van der Waals surface area contributed by atoms with Crippen LogP contribution in [-0.4, -0.2) is 32.9 Å². The molecule has 3 heterocycles. The van der Waals surface area contributed by atoms with E-state index in [4.69, 9.17) is 0 Å². The molecule has 0 unspecified atom stereocenters. The number of halogens is 6. The second kappa shape index (κ2) is 9.62. The first kappa shape index (κ1) is 24.9. The number of benzene rings is 2. The van der Waals surface area contributed by atoms with Gasteiger partial charge in [-0.25, -0.2) is 23.1 Å². The lowest BCUT2D eigenvalue weighted by molar-refractivity contribution is -0.137. The van der Waals surface area contributed by atoms with E-state index < -0.39 is 40.4 Å². The molecule has 2 aromatic carbocycles. The van der Waals surface area contributed by atoms with Gasteiger partial charge in [0.2, 0.25) is 0 Å². The van der Waals surface area contributed by atoms with Gasteiger partial charge in [0.05, 0.1) is 29.0 Å². The molecule has 0 bridgehead atoms. The lowest BCUT2D eigenvalue weighted by Gasteiger charge is -2.17. The van der Waals surface area contributed by atoms with Crippen molar-refractivity contribution in [3.63, 3.8) is 0 Å². The summed E-state index contributed by atoms with van der Waals surface area (Å²) in [5.74, 6) is -3.12. The molecule has 11 heteroatoms. The van der Waals surface area contributed by atoms with Crippen molar-refractivity contribution in [3.05, 3.63) is 77.0 Å². The molecule has 1 aliphatic rings. The highest BCUT2D eigenvalue weighted by Gasteiger charge is 2.34. The summed E-state index contributed by atoms with van der Waals surface area (Å²) >= 11 is 0. The molecule has 1 N–H and O–H groups in total. The quantitative estimate of drug-likeness (QED) is 0.234. The van der Waals surface area contributed by atoms with Crippen molar-refractivity contribution >= 4 is 22.4 Å². The van der Waals surface area contributed by atoms with Crippen LogP contribution in [0.1, 0.15) is 29.8 Å². The van der Waals surface area contributed by atoms with Gasteiger partial charge in [-0.3, -0.25) is 9.88 Å². The number of hydrogen-bond acceptors (Lipinski definition) is 5. The number of pyridine rings is 1. The summed E-state index contributed by atoms with van der Waals surface area (Å²) in [6, 6.07) is 7.32. The number of anilines is 2. The number of hydrogen-bond donors (Lipinski definition) is 1. The topological polar surface area (TPSA) is 53.9 Å². The molecule has 5 rings (SSSR count). The van der Waals surface area contributed by atoms with E-state index in [9.17, 15) is 26.3 Å². The summed E-state index contributed by atoms with van der Waals surface area (Å²) in [6.45, 7) is 3.14. The highest BCUT2D eigenvalue weighted by molar-refractivity contribution is 5.93.